The zero-order valence-electron chi connectivity index (χ0n) is 43.7. The topological polar surface area (TPSA) is 53.1 Å². The first-order chi connectivity index (χ1) is 35.6. The number of allylic oxidation sites excluding steroid dienone is 8. The van der Waals surface area contributed by atoms with E-state index in [1.165, 1.54) is 16.7 Å². The molecule has 0 saturated heterocycles. The highest BCUT2D eigenvalue weighted by Gasteiger charge is 2.07. The molecule has 0 unspecified atom stereocenters. The van der Waals surface area contributed by atoms with Crippen molar-refractivity contribution in [3.8, 4) is 0 Å². The molecular formula is C61H84Br6N10+4. The maximum atomic E-state index is 3.98. The second-order valence-corrected chi connectivity index (χ2v) is 19.3. The van der Waals surface area contributed by atoms with E-state index in [0.29, 0.717) is 0 Å². The Bertz CT molecular complexity index is 2580. The summed E-state index contributed by atoms with van der Waals surface area (Å²) in [6, 6.07) is 31.5. The molecule has 0 bridgehead atoms. The predicted octanol–water partition coefficient (Wildman–Crippen LogP) is 14.2. The number of halogens is 6. The van der Waals surface area contributed by atoms with Crippen molar-refractivity contribution in [1.82, 2.24) is 27.8 Å². The van der Waals surface area contributed by atoms with Crippen LogP contribution in [0.3, 0.4) is 0 Å². The van der Waals surface area contributed by atoms with Crippen LogP contribution in [0.1, 0.15) is 75.5 Å². The third kappa shape index (κ3) is 30.5. The Morgan fingerprint density at radius 2 is 0.701 bits per heavy atom. The Labute approximate surface area is 519 Å². The average molecular weight is 1440 g/mol. The summed E-state index contributed by atoms with van der Waals surface area (Å²) in [5.41, 5.74) is 3.96. The van der Waals surface area contributed by atoms with Gasteiger partial charge in [0.05, 0.1) is 45.6 Å². The molecule has 77 heavy (non-hydrogen) atoms. The van der Waals surface area contributed by atoms with Crippen molar-refractivity contribution in [1.29, 1.82) is 0 Å². The van der Waals surface area contributed by atoms with Gasteiger partial charge in [0, 0.05) is 68.1 Å². The van der Waals surface area contributed by atoms with Gasteiger partial charge >= 0.3 is 0 Å². The molecule has 5 aromatic heterocycles. The number of alkyl halides is 2. The number of aryl methyl sites for hydroxylation is 6. The fourth-order valence-electron chi connectivity index (χ4n) is 7.91. The number of benzene rings is 3. The number of aromatic nitrogens is 10. The SMILES string of the molecule is Br.Br.Br.Br.BrCC/C=C\CCn1cc[n+](CC/C=C\CCBr)c1.C.C(=C/CCn1cc[n+](Cc2ccccc2)c1)/CCn1cc[n+](CC/C=C\CCn2cc[n+](Cc3ccccc3)c2)c1.c1ccc(Cn2ccnc2)cc1. The lowest BCUT2D eigenvalue weighted by Gasteiger charge is -2.00. The summed E-state index contributed by atoms with van der Waals surface area (Å²) in [5.74, 6) is 0. The number of rotatable bonds is 28. The molecule has 16 heteroatoms. The summed E-state index contributed by atoms with van der Waals surface area (Å²) in [4.78, 5) is 3.98. The molecular weight excluding hydrogens is 1350 g/mol. The molecule has 8 rings (SSSR count). The highest BCUT2D eigenvalue weighted by atomic mass is 79.9. The fraction of sp³-hybridized carbons (Fsp3) is 0.328. The minimum atomic E-state index is 0. The van der Waals surface area contributed by atoms with Gasteiger partial charge in [-0.2, -0.15) is 0 Å². The van der Waals surface area contributed by atoms with Crippen molar-refractivity contribution >= 4 is 99.8 Å². The fourth-order valence-corrected chi connectivity index (χ4v) is 8.44. The van der Waals surface area contributed by atoms with Crippen molar-refractivity contribution in [2.45, 2.75) is 118 Å². The third-order valence-electron chi connectivity index (χ3n) is 11.7. The lowest BCUT2D eigenvalue weighted by molar-refractivity contribution is -0.695. The Kier molecular flexibility index (Phi) is 40.7. The van der Waals surface area contributed by atoms with Crippen molar-refractivity contribution < 1.29 is 18.3 Å². The molecule has 0 fully saturated rings. The first kappa shape index (κ1) is 70.6. The zero-order chi connectivity index (χ0) is 49.9. The molecule has 0 amide bonds. The molecule has 416 valence electrons. The predicted molar refractivity (Wildman–Crippen MR) is 346 cm³/mol. The summed E-state index contributed by atoms with van der Waals surface area (Å²) < 4.78 is 20.1. The van der Waals surface area contributed by atoms with Crippen molar-refractivity contribution in [3.63, 3.8) is 0 Å². The molecule has 0 aliphatic carbocycles. The van der Waals surface area contributed by atoms with E-state index in [4.69, 9.17) is 0 Å². The minimum absolute atomic E-state index is 0. The van der Waals surface area contributed by atoms with Crippen LogP contribution in [-0.4, -0.2) is 38.5 Å². The Morgan fingerprint density at radius 3 is 1.05 bits per heavy atom. The average Bonchev–Trinajstić information content (AvgIpc) is 4.29. The molecule has 0 aliphatic heterocycles. The maximum Gasteiger partial charge on any atom is 0.244 e. The van der Waals surface area contributed by atoms with Crippen LogP contribution >= 0.6 is 99.8 Å². The molecule has 0 saturated carbocycles. The Balaban J connectivity index is 0.000000684. The molecule has 0 atom stereocenters. The van der Waals surface area contributed by atoms with E-state index >= 15 is 0 Å². The largest absolute Gasteiger partial charge is 0.333 e. The first-order valence-corrected chi connectivity index (χ1v) is 27.8. The van der Waals surface area contributed by atoms with Crippen molar-refractivity contribution in [3.05, 3.63) is 250 Å². The summed E-state index contributed by atoms with van der Waals surface area (Å²) in [6.45, 7) is 8.91. The van der Waals surface area contributed by atoms with Gasteiger partial charge in [0.25, 0.3) is 0 Å². The quantitative estimate of drug-likeness (QED) is 0.0274. The van der Waals surface area contributed by atoms with E-state index < -0.39 is 0 Å². The molecule has 0 N–H and O–H groups in total. The van der Waals surface area contributed by atoms with E-state index in [2.05, 4.69) is 274 Å². The highest BCUT2D eigenvalue weighted by Crippen LogP contribution is 2.04. The first-order valence-electron chi connectivity index (χ1n) is 25.6. The summed E-state index contributed by atoms with van der Waals surface area (Å²) in [6.07, 6.45) is 58.6. The van der Waals surface area contributed by atoms with Crippen LogP contribution in [0.15, 0.2) is 233 Å². The Morgan fingerprint density at radius 1 is 0.377 bits per heavy atom. The van der Waals surface area contributed by atoms with Gasteiger partial charge in [-0.15, -0.1) is 67.9 Å². The van der Waals surface area contributed by atoms with Gasteiger partial charge in [0.1, 0.15) is 62.7 Å². The van der Waals surface area contributed by atoms with Crippen LogP contribution in [0.4, 0.5) is 0 Å². The van der Waals surface area contributed by atoms with Crippen molar-refractivity contribution in [2.75, 3.05) is 10.7 Å². The smallest absolute Gasteiger partial charge is 0.244 e. The van der Waals surface area contributed by atoms with E-state index in [9.17, 15) is 0 Å². The highest BCUT2D eigenvalue weighted by molar-refractivity contribution is 9.09. The standard InChI is InChI=1S/C35H43N6.C15H23Br2N2.C10H10N2.CH4.4BrH/c1(3-13-21-38-25-27-40(32-38)29-34-15-7-5-8-16-34)11-19-36-23-24-37(31-36)20-12-2-4-14-22-39-26-28-41(33-39)30-35-17-9-6-10-18-35;16-9-5-1-3-7-11-18-13-14-19(15-18)12-8-4-2-6-10-17;1-2-4-10(5-3-1)8-12-7-6-11-9-12;;;;;/h1-10,15-18,23-28,31-33H,11-14,19-22,29-30H2;1-4,13-15H,5-12H2;1-7,9H,8H2;1H4;4*1H/q+3;+1;;;;;;/b2*3-1-,4-2-;;;;;;. The van der Waals surface area contributed by atoms with Gasteiger partial charge < -0.3 is 4.57 Å². The molecule has 10 nitrogen and oxygen atoms in total. The molecule has 0 aliphatic rings. The molecule has 3 aromatic carbocycles. The van der Waals surface area contributed by atoms with Gasteiger partial charge in [-0.1, -0.05) is 179 Å². The van der Waals surface area contributed by atoms with Gasteiger partial charge in [-0.25, -0.2) is 41.5 Å². The molecule has 0 spiro atoms. The van der Waals surface area contributed by atoms with Crippen LogP contribution in [-0.2, 0) is 58.9 Å². The van der Waals surface area contributed by atoms with Crippen LogP contribution in [0.25, 0.3) is 0 Å². The van der Waals surface area contributed by atoms with Gasteiger partial charge in [-0.05, 0) is 29.5 Å². The van der Waals surface area contributed by atoms with Crippen LogP contribution in [0.2, 0.25) is 0 Å². The lowest BCUT2D eigenvalue weighted by atomic mass is 10.2. The van der Waals surface area contributed by atoms with Crippen LogP contribution in [0.5, 0.6) is 0 Å². The lowest BCUT2D eigenvalue weighted by Crippen LogP contribution is -2.31. The minimum Gasteiger partial charge on any atom is -0.333 e. The van der Waals surface area contributed by atoms with Crippen LogP contribution in [0, 0.1) is 0 Å². The number of hydrogen-bond acceptors (Lipinski definition) is 1. The number of imidazole rings is 5. The summed E-state index contributed by atoms with van der Waals surface area (Å²) in [5, 5.41) is 2.10. The van der Waals surface area contributed by atoms with Crippen LogP contribution < -0.4 is 18.3 Å². The monoisotopic (exact) mass is 1430 g/mol. The van der Waals surface area contributed by atoms with E-state index in [-0.39, 0.29) is 75.4 Å². The molecule has 0 radical (unpaired) electrons. The molecule has 5 heterocycles. The van der Waals surface area contributed by atoms with E-state index in [0.717, 1.165) is 121 Å². The van der Waals surface area contributed by atoms with E-state index in [1.54, 1.807) is 6.20 Å². The van der Waals surface area contributed by atoms with Gasteiger partial charge in [0.15, 0.2) is 0 Å². The summed E-state index contributed by atoms with van der Waals surface area (Å²) in [7, 11) is 0. The number of hydrogen-bond donors (Lipinski definition) is 0. The normalized spacial score (nSPS) is 10.7. The summed E-state index contributed by atoms with van der Waals surface area (Å²) >= 11 is 6.84. The van der Waals surface area contributed by atoms with Crippen molar-refractivity contribution in [2.24, 2.45) is 0 Å². The van der Waals surface area contributed by atoms with E-state index in [1.807, 2.05) is 30.7 Å². The second kappa shape index (κ2) is 44.4. The Hall–Kier alpha value is -4.45. The number of nitrogens with zero attached hydrogens (tertiary/aromatic N) is 10. The second-order valence-electron chi connectivity index (χ2n) is 17.7. The third-order valence-corrected chi connectivity index (χ3v) is 12.6. The molecule has 8 aromatic rings. The zero-order valence-corrected chi connectivity index (χ0v) is 53.8. The maximum absolute atomic E-state index is 3.98. The van der Waals surface area contributed by atoms with Gasteiger partial charge in [0.2, 0.25) is 25.3 Å². The van der Waals surface area contributed by atoms with Gasteiger partial charge in [-0.3, -0.25) is 0 Å².